The van der Waals surface area contributed by atoms with Crippen LogP contribution in [-0.2, 0) is 16.8 Å². The Labute approximate surface area is 137 Å². The molecule has 23 heavy (non-hydrogen) atoms. The number of hydrogen-bond acceptors (Lipinski definition) is 3. The van der Waals surface area contributed by atoms with Crippen molar-refractivity contribution in [2.45, 2.75) is 45.6 Å². The zero-order valence-corrected chi connectivity index (χ0v) is 14.0. The zero-order chi connectivity index (χ0) is 16.4. The molecule has 0 radical (unpaired) electrons. The molecule has 4 heteroatoms. The Balaban J connectivity index is 1.88. The van der Waals surface area contributed by atoms with E-state index in [9.17, 15) is 4.79 Å². The standard InChI is InChI=1S/C19H23N3O/c1-14-12-15(2)21-18(20-14)19(3)10-7-11-22(19)17(23)13-16-8-5-4-6-9-16/h4-6,8-9,12H,7,10-11,13H2,1-3H3/t19-/m1/s1. The zero-order valence-electron chi connectivity index (χ0n) is 14.0. The number of amides is 1. The summed E-state index contributed by atoms with van der Waals surface area (Å²) in [6.07, 6.45) is 2.34. The van der Waals surface area contributed by atoms with Gasteiger partial charge in [-0.3, -0.25) is 4.79 Å². The number of likely N-dealkylation sites (tertiary alicyclic amines) is 1. The quantitative estimate of drug-likeness (QED) is 0.875. The van der Waals surface area contributed by atoms with Crippen molar-refractivity contribution in [2.24, 2.45) is 0 Å². The van der Waals surface area contributed by atoms with Crippen molar-refractivity contribution >= 4 is 5.91 Å². The maximum Gasteiger partial charge on any atom is 0.227 e. The highest BCUT2D eigenvalue weighted by Crippen LogP contribution is 2.37. The second-order valence-electron chi connectivity index (χ2n) is 6.56. The summed E-state index contributed by atoms with van der Waals surface area (Å²) in [6, 6.07) is 11.9. The maximum atomic E-state index is 12.8. The summed E-state index contributed by atoms with van der Waals surface area (Å²) in [7, 11) is 0. The minimum Gasteiger partial charge on any atom is -0.330 e. The molecule has 120 valence electrons. The molecule has 0 spiro atoms. The lowest BCUT2D eigenvalue weighted by Gasteiger charge is -2.34. The number of hydrogen-bond donors (Lipinski definition) is 0. The van der Waals surface area contributed by atoms with Crippen molar-refractivity contribution in [3.63, 3.8) is 0 Å². The lowest BCUT2D eigenvalue weighted by molar-refractivity contribution is -0.134. The van der Waals surface area contributed by atoms with Crippen LogP contribution in [0.1, 0.15) is 42.5 Å². The average Bonchev–Trinajstić information content (AvgIpc) is 2.91. The van der Waals surface area contributed by atoms with Gasteiger partial charge in [-0.25, -0.2) is 9.97 Å². The van der Waals surface area contributed by atoms with Crippen LogP contribution in [0, 0.1) is 13.8 Å². The highest BCUT2D eigenvalue weighted by atomic mass is 16.2. The summed E-state index contributed by atoms with van der Waals surface area (Å²) < 4.78 is 0. The van der Waals surface area contributed by atoms with Gasteiger partial charge in [-0.05, 0) is 45.2 Å². The van der Waals surface area contributed by atoms with E-state index in [1.165, 1.54) is 0 Å². The summed E-state index contributed by atoms with van der Waals surface area (Å²) >= 11 is 0. The smallest absolute Gasteiger partial charge is 0.227 e. The molecule has 4 nitrogen and oxygen atoms in total. The van der Waals surface area contributed by atoms with E-state index >= 15 is 0 Å². The first-order chi connectivity index (χ1) is 11.0. The van der Waals surface area contributed by atoms with Gasteiger partial charge in [-0.2, -0.15) is 0 Å². The minimum absolute atomic E-state index is 0.152. The van der Waals surface area contributed by atoms with Gasteiger partial charge in [0, 0.05) is 17.9 Å². The lowest BCUT2D eigenvalue weighted by Crippen LogP contribution is -2.44. The van der Waals surface area contributed by atoms with E-state index in [1.807, 2.05) is 55.1 Å². The van der Waals surface area contributed by atoms with Crippen LogP contribution < -0.4 is 0 Å². The summed E-state index contributed by atoms with van der Waals surface area (Å²) in [6.45, 7) is 6.83. The van der Waals surface area contributed by atoms with Crippen LogP contribution in [0.25, 0.3) is 0 Å². The Morgan fingerprint density at radius 1 is 1.17 bits per heavy atom. The molecule has 1 saturated heterocycles. The molecular formula is C19H23N3O. The topological polar surface area (TPSA) is 46.1 Å². The molecule has 2 heterocycles. The highest BCUT2D eigenvalue weighted by molar-refractivity contribution is 5.80. The molecule has 2 aromatic rings. The van der Waals surface area contributed by atoms with Crippen molar-refractivity contribution in [2.75, 3.05) is 6.54 Å². The first kappa shape index (κ1) is 15.7. The number of rotatable bonds is 3. The molecule has 1 atom stereocenters. The summed E-state index contributed by atoms with van der Waals surface area (Å²) in [5.74, 6) is 0.924. The van der Waals surface area contributed by atoms with Crippen molar-refractivity contribution in [3.05, 3.63) is 59.2 Å². The van der Waals surface area contributed by atoms with Crippen LogP contribution in [0.5, 0.6) is 0 Å². The van der Waals surface area contributed by atoms with Gasteiger partial charge in [0.1, 0.15) is 0 Å². The highest BCUT2D eigenvalue weighted by Gasteiger charge is 2.43. The van der Waals surface area contributed by atoms with E-state index in [1.54, 1.807) is 0 Å². The molecule has 1 amide bonds. The molecule has 0 N–H and O–H groups in total. The normalized spacial score (nSPS) is 20.7. The molecule has 3 rings (SSSR count). The van der Waals surface area contributed by atoms with Gasteiger partial charge in [0.25, 0.3) is 0 Å². The first-order valence-corrected chi connectivity index (χ1v) is 8.16. The van der Waals surface area contributed by atoms with Gasteiger partial charge in [0.05, 0.1) is 12.0 Å². The first-order valence-electron chi connectivity index (χ1n) is 8.16. The lowest BCUT2D eigenvalue weighted by atomic mass is 9.96. The second-order valence-corrected chi connectivity index (χ2v) is 6.56. The number of carbonyl (C=O) groups excluding carboxylic acids is 1. The molecule has 0 saturated carbocycles. The van der Waals surface area contributed by atoms with Crippen LogP contribution in [-0.4, -0.2) is 27.3 Å². The van der Waals surface area contributed by atoms with Crippen LogP contribution in [0.3, 0.4) is 0 Å². The second kappa shape index (κ2) is 6.11. The fraction of sp³-hybridized carbons (Fsp3) is 0.421. The van der Waals surface area contributed by atoms with Crippen LogP contribution in [0.15, 0.2) is 36.4 Å². The number of nitrogens with zero attached hydrogens (tertiary/aromatic N) is 3. The van der Waals surface area contributed by atoms with E-state index in [2.05, 4.69) is 16.9 Å². The third-order valence-electron chi connectivity index (χ3n) is 4.60. The van der Waals surface area contributed by atoms with Gasteiger partial charge in [-0.15, -0.1) is 0 Å². The molecule has 1 aliphatic heterocycles. The minimum atomic E-state index is -0.400. The molecular weight excluding hydrogens is 286 g/mol. The van der Waals surface area contributed by atoms with Crippen molar-refractivity contribution in [1.29, 1.82) is 0 Å². The molecule has 0 unspecified atom stereocenters. The van der Waals surface area contributed by atoms with Crippen molar-refractivity contribution < 1.29 is 4.79 Å². The molecule has 1 aromatic heterocycles. The average molecular weight is 309 g/mol. The number of aryl methyl sites for hydroxylation is 2. The Morgan fingerprint density at radius 3 is 2.48 bits per heavy atom. The molecule has 1 aliphatic rings. The van der Waals surface area contributed by atoms with Crippen molar-refractivity contribution in [1.82, 2.24) is 14.9 Å². The molecule has 1 fully saturated rings. The van der Waals surface area contributed by atoms with Gasteiger partial charge in [0.2, 0.25) is 5.91 Å². The van der Waals surface area contributed by atoms with E-state index in [4.69, 9.17) is 0 Å². The Hall–Kier alpha value is -2.23. The predicted molar refractivity (Wildman–Crippen MR) is 90.0 cm³/mol. The van der Waals surface area contributed by atoms with Crippen molar-refractivity contribution in [3.8, 4) is 0 Å². The Kier molecular flexibility index (Phi) is 4.16. The third-order valence-corrected chi connectivity index (χ3v) is 4.60. The van der Waals surface area contributed by atoms with E-state index < -0.39 is 5.54 Å². The van der Waals surface area contributed by atoms with Gasteiger partial charge in [0.15, 0.2) is 5.82 Å². The van der Waals surface area contributed by atoms with Gasteiger partial charge in [-0.1, -0.05) is 30.3 Å². The van der Waals surface area contributed by atoms with E-state index in [-0.39, 0.29) is 5.91 Å². The fourth-order valence-electron chi connectivity index (χ4n) is 3.43. The SMILES string of the molecule is Cc1cc(C)nc([C@@]2(C)CCCN2C(=O)Cc2ccccc2)n1. The Bertz CT molecular complexity index is 694. The number of benzene rings is 1. The van der Waals surface area contributed by atoms with Crippen LogP contribution in [0.4, 0.5) is 0 Å². The predicted octanol–water partition coefficient (Wildman–Crippen LogP) is 3.17. The largest absolute Gasteiger partial charge is 0.330 e. The molecule has 1 aromatic carbocycles. The fourth-order valence-corrected chi connectivity index (χ4v) is 3.43. The van der Waals surface area contributed by atoms with Crippen LogP contribution in [0.2, 0.25) is 0 Å². The summed E-state index contributed by atoms with van der Waals surface area (Å²) in [5.41, 5.74) is 2.56. The summed E-state index contributed by atoms with van der Waals surface area (Å²) in [4.78, 5) is 24.1. The third kappa shape index (κ3) is 3.11. The monoisotopic (exact) mass is 309 g/mol. The Morgan fingerprint density at radius 2 is 1.83 bits per heavy atom. The van der Waals surface area contributed by atoms with Crippen LogP contribution >= 0.6 is 0 Å². The van der Waals surface area contributed by atoms with Gasteiger partial charge >= 0.3 is 0 Å². The summed E-state index contributed by atoms with van der Waals surface area (Å²) in [5, 5.41) is 0. The molecule has 0 bridgehead atoms. The number of aromatic nitrogens is 2. The maximum absolute atomic E-state index is 12.8. The van der Waals surface area contributed by atoms with E-state index in [0.29, 0.717) is 6.42 Å². The van der Waals surface area contributed by atoms with E-state index in [0.717, 1.165) is 42.2 Å². The number of carbonyl (C=O) groups is 1. The molecule has 0 aliphatic carbocycles. The van der Waals surface area contributed by atoms with Gasteiger partial charge < -0.3 is 4.90 Å².